The van der Waals surface area contributed by atoms with Gasteiger partial charge in [-0.05, 0) is 50.7 Å². The molecule has 1 saturated heterocycles. The van der Waals surface area contributed by atoms with Gasteiger partial charge in [-0.2, -0.15) is 0 Å². The first-order chi connectivity index (χ1) is 12.3. The Morgan fingerprint density at radius 3 is 2.96 bits per heavy atom. The van der Waals surface area contributed by atoms with Crippen LogP contribution in [-0.2, 0) is 17.8 Å². The van der Waals surface area contributed by atoms with Crippen molar-refractivity contribution in [1.82, 2.24) is 19.7 Å². The van der Waals surface area contributed by atoms with E-state index >= 15 is 0 Å². The molecule has 1 saturated carbocycles. The summed E-state index contributed by atoms with van der Waals surface area (Å²) in [7, 11) is 0. The Hall–Kier alpha value is -2.11. The number of carbonyl (C=O) groups is 1. The van der Waals surface area contributed by atoms with E-state index in [1.54, 1.807) is 6.26 Å². The highest BCUT2D eigenvalue weighted by Crippen LogP contribution is 2.50. The minimum atomic E-state index is 0.0792. The van der Waals surface area contributed by atoms with Gasteiger partial charge in [-0.3, -0.25) is 4.79 Å². The molecule has 1 amide bonds. The largest absolute Gasteiger partial charge is 0.469 e. The lowest BCUT2D eigenvalue weighted by Crippen LogP contribution is -2.41. The van der Waals surface area contributed by atoms with Gasteiger partial charge in [0.1, 0.15) is 11.6 Å². The fourth-order valence-corrected chi connectivity index (χ4v) is 4.54. The van der Waals surface area contributed by atoms with E-state index in [-0.39, 0.29) is 23.8 Å². The third-order valence-electron chi connectivity index (χ3n) is 5.99. The quantitative estimate of drug-likeness (QED) is 0.861. The lowest BCUT2D eigenvalue weighted by atomic mass is 9.99. The van der Waals surface area contributed by atoms with E-state index in [1.807, 2.05) is 12.1 Å². The smallest absolute Gasteiger partial charge is 0.227 e. The van der Waals surface area contributed by atoms with E-state index in [1.165, 1.54) is 12.8 Å². The van der Waals surface area contributed by atoms with Crippen LogP contribution < -0.4 is 0 Å². The summed E-state index contributed by atoms with van der Waals surface area (Å²) < 4.78 is 7.78. The molecular weight excluding hydrogens is 316 g/mol. The lowest BCUT2D eigenvalue weighted by molar-refractivity contribution is -0.136. The summed E-state index contributed by atoms with van der Waals surface area (Å²) in [5.74, 6) is 3.68. The number of furan rings is 1. The molecule has 2 aliphatic heterocycles. The second kappa shape index (κ2) is 6.00. The Labute approximate surface area is 147 Å². The number of nitrogens with zero attached hydrogens (tertiary/aromatic N) is 4. The zero-order valence-electron chi connectivity index (χ0n) is 14.4. The molecule has 0 bridgehead atoms. The number of carbonyl (C=O) groups excluding carboxylic acids is 1. The maximum Gasteiger partial charge on any atom is 0.227 e. The van der Waals surface area contributed by atoms with E-state index in [9.17, 15) is 4.79 Å². The van der Waals surface area contributed by atoms with Crippen molar-refractivity contribution in [3.05, 3.63) is 35.8 Å². The SMILES string of the molecule is O=C(C1CC1c1ccco1)N1CCCCC1c1nnc2n1CCCC2. The molecule has 3 aliphatic rings. The molecule has 0 radical (unpaired) electrons. The molecule has 2 aromatic rings. The van der Waals surface area contributed by atoms with Crippen LogP contribution in [0.3, 0.4) is 0 Å². The Balaban J connectivity index is 1.38. The van der Waals surface area contributed by atoms with Crippen LogP contribution in [0, 0.1) is 5.92 Å². The summed E-state index contributed by atoms with van der Waals surface area (Å²) in [6.45, 7) is 1.84. The van der Waals surface area contributed by atoms with Gasteiger partial charge in [0.15, 0.2) is 5.82 Å². The van der Waals surface area contributed by atoms with Crippen LogP contribution in [0.25, 0.3) is 0 Å². The van der Waals surface area contributed by atoms with Gasteiger partial charge in [-0.15, -0.1) is 10.2 Å². The van der Waals surface area contributed by atoms with E-state index in [0.717, 1.165) is 62.6 Å². The molecule has 0 aromatic carbocycles. The van der Waals surface area contributed by atoms with Crippen molar-refractivity contribution in [2.45, 2.75) is 63.5 Å². The number of amides is 1. The Morgan fingerprint density at radius 2 is 2.08 bits per heavy atom. The number of hydrogen-bond acceptors (Lipinski definition) is 4. The number of piperidine rings is 1. The van der Waals surface area contributed by atoms with Crippen molar-refractivity contribution in [2.24, 2.45) is 5.92 Å². The van der Waals surface area contributed by atoms with Crippen molar-refractivity contribution >= 4 is 5.91 Å². The summed E-state index contributed by atoms with van der Waals surface area (Å²) in [5, 5.41) is 8.91. The van der Waals surface area contributed by atoms with Crippen LogP contribution in [0.5, 0.6) is 0 Å². The standard InChI is InChI=1S/C19H24N4O2/c24-19(14-12-13(14)16-7-5-11-25-16)22-9-3-1-6-15(22)18-21-20-17-8-2-4-10-23(17)18/h5,7,11,13-15H,1-4,6,8-10,12H2. The average molecular weight is 340 g/mol. The van der Waals surface area contributed by atoms with Crippen molar-refractivity contribution < 1.29 is 9.21 Å². The lowest BCUT2D eigenvalue weighted by Gasteiger charge is -2.36. The predicted molar refractivity (Wildman–Crippen MR) is 90.8 cm³/mol. The molecule has 1 aliphatic carbocycles. The number of rotatable bonds is 3. The normalized spacial score (nSPS) is 28.6. The van der Waals surface area contributed by atoms with E-state index in [4.69, 9.17) is 4.42 Å². The molecule has 0 spiro atoms. The molecule has 4 heterocycles. The van der Waals surface area contributed by atoms with Crippen molar-refractivity contribution in [2.75, 3.05) is 6.54 Å². The third kappa shape index (κ3) is 2.58. The summed E-state index contributed by atoms with van der Waals surface area (Å²) >= 11 is 0. The molecule has 6 heteroatoms. The number of aromatic nitrogens is 3. The van der Waals surface area contributed by atoms with Crippen LogP contribution >= 0.6 is 0 Å². The Kier molecular flexibility index (Phi) is 3.64. The maximum absolute atomic E-state index is 13.2. The van der Waals surface area contributed by atoms with E-state index in [2.05, 4.69) is 19.7 Å². The molecule has 2 aromatic heterocycles. The minimum Gasteiger partial charge on any atom is -0.469 e. The molecule has 3 atom stereocenters. The first-order valence-electron chi connectivity index (χ1n) is 9.59. The topological polar surface area (TPSA) is 64.2 Å². The predicted octanol–water partition coefficient (Wildman–Crippen LogP) is 3.06. The molecule has 0 N–H and O–H groups in total. The molecular formula is C19H24N4O2. The zero-order chi connectivity index (χ0) is 16.8. The minimum absolute atomic E-state index is 0.0792. The van der Waals surface area contributed by atoms with E-state index in [0.29, 0.717) is 0 Å². The summed E-state index contributed by atoms with van der Waals surface area (Å²) in [5.41, 5.74) is 0. The van der Waals surface area contributed by atoms with Gasteiger partial charge in [-0.1, -0.05) is 0 Å². The summed E-state index contributed by atoms with van der Waals surface area (Å²) in [4.78, 5) is 15.3. The molecule has 2 fully saturated rings. The second-order valence-electron chi connectivity index (χ2n) is 7.59. The highest BCUT2D eigenvalue weighted by molar-refractivity contribution is 5.83. The first kappa shape index (κ1) is 15.2. The van der Waals surface area contributed by atoms with Gasteiger partial charge in [0.05, 0.1) is 12.3 Å². The van der Waals surface area contributed by atoms with Gasteiger partial charge in [-0.25, -0.2) is 0 Å². The molecule has 3 unspecified atom stereocenters. The first-order valence-corrected chi connectivity index (χ1v) is 9.59. The van der Waals surface area contributed by atoms with Crippen molar-refractivity contribution in [3.63, 3.8) is 0 Å². The number of hydrogen-bond donors (Lipinski definition) is 0. The zero-order valence-corrected chi connectivity index (χ0v) is 14.4. The highest BCUT2D eigenvalue weighted by atomic mass is 16.3. The third-order valence-corrected chi connectivity index (χ3v) is 5.99. The van der Waals surface area contributed by atoms with Gasteiger partial charge in [0.2, 0.25) is 5.91 Å². The Morgan fingerprint density at radius 1 is 1.16 bits per heavy atom. The molecule has 132 valence electrons. The average Bonchev–Trinajstić information content (AvgIpc) is 3.08. The number of likely N-dealkylation sites (tertiary alicyclic amines) is 1. The summed E-state index contributed by atoms with van der Waals surface area (Å²) in [6.07, 6.45) is 9.23. The molecule has 6 nitrogen and oxygen atoms in total. The maximum atomic E-state index is 13.2. The van der Waals surface area contributed by atoms with Crippen LogP contribution in [0.1, 0.15) is 67.9 Å². The van der Waals surface area contributed by atoms with Crippen LogP contribution in [-0.4, -0.2) is 32.1 Å². The number of fused-ring (bicyclic) bond motifs is 1. The van der Waals surface area contributed by atoms with Gasteiger partial charge in [0.25, 0.3) is 0 Å². The summed E-state index contributed by atoms with van der Waals surface area (Å²) in [6, 6.07) is 3.99. The number of aryl methyl sites for hydroxylation is 1. The monoisotopic (exact) mass is 340 g/mol. The molecule has 5 rings (SSSR count). The fourth-order valence-electron chi connectivity index (χ4n) is 4.54. The van der Waals surface area contributed by atoms with Crippen molar-refractivity contribution in [3.8, 4) is 0 Å². The van der Waals surface area contributed by atoms with Crippen molar-refractivity contribution in [1.29, 1.82) is 0 Å². The molecule has 25 heavy (non-hydrogen) atoms. The van der Waals surface area contributed by atoms with E-state index < -0.39 is 0 Å². The van der Waals surface area contributed by atoms with Crippen LogP contribution in [0.4, 0.5) is 0 Å². The van der Waals surface area contributed by atoms with Gasteiger partial charge in [0, 0.05) is 31.3 Å². The van der Waals surface area contributed by atoms with Crippen LogP contribution in [0.2, 0.25) is 0 Å². The van der Waals surface area contributed by atoms with Crippen LogP contribution in [0.15, 0.2) is 22.8 Å². The second-order valence-corrected chi connectivity index (χ2v) is 7.59. The van der Waals surface area contributed by atoms with Gasteiger partial charge >= 0.3 is 0 Å². The van der Waals surface area contributed by atoms with Gasteiger partial charge < -0.3 is 13.9 Å². The fraction of sp³-hybridized carbons (Fsp3) is 0.632. The highest BCUT2D eigenvalue weighted by Gasteiger charge is 2.49. The Bertz CT molecular complexity index is 766.